The zero-order chi connectivity index (χ0) is 15.3. The first-order chi connectivity index (χ1) is 10.1. The van der Waals surface area contributed by atoms with Crippen LogP contribution in [-0.4, -0.2) is 25.0 Å². The zero-order valence-electron chi connectivity index (χ0n) is 12.2. The minimum atomic E-state index is -3.51. The number of hydrogen-bond donors (Lipinski definition) is 2. The Morgan fingerprint density at radius 2 is 2.19 bits per heavy atom. The van der Waals surface area contributed by atoms with Crippen molar-refractivity contribution in [3.63, 3.8) is 0 Å². The normalized spacial score (nSPS) is 11.9. The van der Waals surface area contributed by atoms with Gasteiger partial charge in [-0.15, -0.1) is 11.3 Å². The van der Waals surface area contributed by atoms with Gasteiger partial charge in [-0.2, -0.15) is 0 Å². The van der Waals surface area contributed by atoms with Gasteiger partial charge in [-0.05, 0) is 19.5 Å². The second-order valence-electron chi connectivity index (χ2n) is 4.64. The summed E-state index contributed by atoms with van der Waals surface area (Å²) in [6, 6.07) is 1.72. The highest BCUT2D eigenvalue weighted by Gasteiger charge is 2.18. The molecule has 6 nitrogen and oxygen atoms in total. The second kappa shape index (κ2) is 7.17. The van der Waals surface area contributed by atoms with Gasteiger partial charge in [0.25, 0.3) is 0 Å². The molecule has 0 fully saturated rings. The third-order valence-corrected chi connectivity index (χ3v) is 5.14. The van der Waals surface area contributed by atoms with Crippen molar-refractivity contribution >= 4 is 21.4 Å². The van der Waals surface area contributed by atoms with Crippen molar-refractivity contribution in [2.75, 3.05) is 7.05 Å². The van der Waals surface area contributed by atoms with Crippen LogP contribution in [0.3, 0.4) is 0 Å². The number of thiazole rings is 1. The van der Waals surface area contributed by atoms with E-state index in [1.165, 1.54) is 11.3 Å². The average Bonchev–Trinajstić information content (AvgIpc) is 3.08. The summed E-state index contributed by atoms with van der Waals surface area (Å²) in [5.74, 6) is 0. The van der Waals surface area contributed by atoms with Gasteiger partial charge in [0.1, 0.15) is 5.01 Å². The van der Waals surface area contributed by atoms with Crippen molar-refractivity contribution in [3.05, 3.63) is 34.5 Å². The number of aryl methyl sites for hydroxylation is 1. The van der Waals surface area contributed by atoms with E-state index in [2.05, 4.69) is 21.9 Å². The monoisotopic (exact) mass is 328 g/mol. The number of rotatable bonds is 8. The maximum Gasteiger partial charge on any atom is 0.242 e. The molecule has 2 aromatic rings. The summed E-state index contributed by atoms with van der Waals surface area (Å²) in [5, 5.41) is 5.64. The van der Waals surface area contributed by atoms with Gasteiger partial charge in [-0.25, -0.2) is 18.1 Å². The fourth-order valence-corrected chi connectivity index (χ4v) is 3.73. The molecule has 116 valence electrons. The fourth-order valence-electron chi connectivity index (χ4n) is 2.03. The number of sulfonamides is 1. The summed E-state index contributed by atoms with van der Waals surface area (Å²) in [4.78, 5) is 4.37. The molecule has 0 aliphatic rings. The van der Waals surface area contributed by atoms with Crippen molar-refractivity contribution in [2.45, 2.75) is 37.9 Å². The predicted octanol–water partition coefficient (Wildman–Crippen LogP) is 1.55. The summed E-state index contributed by atoms with van der Waals surface area (Å²) >= 11 is 1.43. The third kappa shape index (κ3) is 4.13. The van der Waals surface area contributed by atoms with E-state index in [1.54, 1.807) is 18.5 Å². The van der Waals surface area contributed by atoms with Crippen LogP contribution in [0.25, 0.3) is 0 Å². The Kier molecular flexibility index (Phi) is 5.51. The van der Waals surface area contributed by atoms with Gasteiger partial charge in [0.2, 0.25) is 10.0 Å². The molecular formula is C13H20N4O2S2. The van der Waals surface area contributed by atoms with Crippen molar-refractivity contribution in [3.8, 4) is 0 Å². The molecule has 0 aromatic carbocycles. The molecule has 2 N–H and O–H groups in total. The van der Waals surface area contributed by atoms with Gasteiger partial charge in [-0.1, -0.05) is 6.92 Å². The van der Waals surface area contributed by atoms with Gasteiger partial charge < -0.3 is 9.88 Å². The van der Waals surface area contributed by atoms with E-state index in [-0.39, 0.29) is 6.54 Å². The second-order valence-corrected chi connectivity index (χ2v) is 7.39. The van der Waals surface area contributed by atoms with Gasteiger partial charge in [0.05, 0.1) is 11.4 Å². The molecule has 2 heterocycles. The number of nitrogens with zero attached hydrogens (tertiary/aromatic N) is 2. The Labute approximate surface area is 129 Å². The highest BCUT2D eigenvalue weighted by atomic mass is 32.2. The minimum absolute atomic E-state index is 0.223. The summed E-state index contributed by atoms with van der Waals surface area (Å²) in [6.07, 6.45) is 4.31. The highest BCUT2D eigenvalue weighted by molar-refractivity contribution is 7.89. The van der Waals surface area contributed by atoms with Gasteiger partial charge >= 0.3 is 0 Å². The molecule has 2 aromatic heterocycles. The van der Waals surface area contributed by atoms with Crippen molar-refractivity contribution in [2.24, 2.45) is 0 Å². The van der Waals surface area contributed by atoms with E-state index < -0.39 is 10.0 Å². The summed E-state index contributed by atoms with van der Waals surface area (Å²) in [7, 11) is -1.66. The molecule has 0 saturated carbocycles. The largest absolute Gasteiger partial charge is 0.349 e. The first kappa shape index (κ1) is 16.2. The predicted molar refractivity (Wildman–Crippen MR) is 83.6 cm³/mol. The topological polar surface area (TPSA) is 76.0 Å². The molecule has 8 heteroatoms. The summed E-state index contributed by atoms with van der Waals surface area (Å²) < 4.78 is 29.2. The minimum Gasteiger partial charge on any atom is -0.349 e. The van der Waals surface area contributed by atoms with Crippen molar-refractivity contribution < 1.29 is 8.42 Å². The van der Waals surface area contributed by atoms with Gasteiger partial charge in [-0.3, -0.25) is 0 Å². The standard InChI is InChI=1S/C13H20N4O2S2/c1-3-5-17-10-12(7-11(17)8-14-2)21(18,19)16-9-13-15-4-6-20-13/h4,6-7,10,14,16H,3,5,8-9H2,1-2H3. The molecule has 0 amide bonds. The lowest BCUT2D eigenvalue weighted by atomic mass is 10.4. The quantitative estimate of drug-likeness (QED) is 0.771. The van der Waals surface area contributed by atoms with Crippen LogP contribution in [-0.2, 0) is 29.7 Å². The molecule has 2 rings (SSSR count). The van der Waals surface area contributed by atoms with E-state index in [1.807, 2.05) is 17.0 Å². The lowest BCUT2D eigenvalue weighted by molar-refractivity contribution is 0.580. The van der Waals surface area contributed by atoms with E-state index >= 15 is 0 Å². The van der Waals surface area contributed by atoms with E-state index in [4.69, 9.17) is 0 Å². The van der Waals surface area contributed by atoms with Crippen LogP contribution >= 0.6 is 11.3 Å². The number of hydrogen-bond acceptors (Lipinski definition) is 5. The smallest absolute Gasteiger partial charge is 0.242 e. The molecule has 0 bridgehead atoms. The first-order valence-electron chi connectivity index (χ1n) is 6.78. The lowest BCUT2D eigenvalue weighted by Gasteiger charge is -2.06. The maximum atomic E-state index is 12.3. The van der Waals surface area contributed by atoms with Crippen LogP contribution in [0.2, 0.25) is 0 Å². The summed E-state index contributed by atoms with van der Waals surface area (Å²) in [6.45, 7) is 3.74. The molecule has 0 saturated heterocycles. The van der Waals surface area contributed by atoms with E-state index in [0.717, 1.165) is 23.7 Å². The van der Waals surface area contributed by atoms with Crippen LogP contribution in [0.5, 0.6) is 0 Å². The third-order valence-electron chi connectivity index (χ3n) is 2.99. The molecule has 0 atom stereocenters. The molecule has 0 radical (unpaired) electrons. The van der Waals surface area contributed by atoms with Crippen LogP contribution in [0.4, 0.5) is 0 Å². The summed E-state index contributed by atoms with van der Waals surface area (Å²) in [5.41, 5.74) is 0.967. The van der Waals surface area contributed by atoms with Crippen LogP contribution < -0.4 is 10.0 Å². The molecule has 0 aliphatic carbocycles. The Bertz CT molecular complexity index is 639. The maximum absolute atomic E-state index is 12.3. The van der Waals surface area contributed by atoms with E-state index in [9.17, 15) is 8.42 Å². The van der Waals surface area contributed by atoms with Crippen molar-refractivity contribution in [1.82, 2.24) is 19.6 Å². The Hall–Kier alpha value is -1.22. The molecule has 21 heavy (non-hydrogen) atoms. The fraction of sp³-hybridized carbons (Fsp3) is 0.462. The molecular weight excluding hydrogens is 308 g/mol. The zero-order valence-corrected chi connectivity index (χ0v) is 13.8. The average molecular weight is 328 g/mol. The Balaban J connectivity index is 2.16. The SMILES string of the molecule is CCCn1cc(S(=O)(=O)NCc2nccs2)cc1CNC. The molecule has 0 spiro atoms. The molecule has 0 unspecified atom stereocenters. The van der Waals surface area contributed by atoms with Crippen molar-refractivity contribution in [1.29, 1.82) is 0 Å². The highest BCUT2D eigenvalue weighted by Crippen LogP contribution is 2.16. The van der Waals surface area contributed by atoms with E-state index in [0.29, 0.717) is 11.4 Å². The van der Waals surface area contributed by atoms with Crippen LogP contribution in [0, 0.1) is 0 Å². The van der Waals surface area contributed by atoms with Crippen LogP contribution in [0.1, 0.15) is 24.0 Å². The van der Waals surface area contributed by atoms with Gasteiger partial charge in [0.15, 0.2) is 0 Å². The first-order valence-corrected chi connectivity index (χ1v) is 9.14. The van der Waals surface area contributed by atoms with Crippen LogP contribution in [0.15, 0.2) is 28.7 Å². The van der Waals surface area contributed by atoms with Gasteiger partial charge in [0, 0.05) is 36.6 Å². The number of nitrogens with one attached hydrogen (secondary N) is 2. The Morgan fingerprint density at radius 1 is 1.38 bits per heavy atom. The Morgan fingerprint density at radius 3 is 2.81 bits per heavy atom. The lowest BCUT2D eigenvalue weighted by Crippen LogP contribution is -2.22. The number of aromatic nitrogens is 2. The molecule has 0 aliphatic heterocycles.